The molecule has 0 amide bonds. The van der Waals surface area contributed by atoms with Crippen LogP contribution in [0.4, 0.5) is 5.82 Å². The van der Waals surface area contributed by atoms with Crippen LogP contribution < -0.4 is 21.7 Å². The van der Waals surface area contributed by atoms with Crippen LogP contribution in [0, 0.1) is 0 Å². The van der Waals surface area contributed by atoms with E-state index in [9.17, 15) is 14.7 Å². The van der Waals surface area contributed by atoms with Gasteiger partial charge in [0.15, 0.2) is 23.1 Å². The first-order chi connectivity index (χ1) is 26.4. The zero-order valence-electron chi connectivity index (χ0n) is 29.0. The number of hydrogen-bond donors (Lipinski definition) is 4. The fourth-order valence-corrected chi connectivity index (χ4v) is 8.64. The van der Waals surface area contributed by atoms with Crippen molar-refractivity contribution in [3.8, 4) is 28.4 Å². The van der Waals surface area contributed by atoms with E-state index >= 15 is 0 Å². The Balaban J connectivity index is 0.000000153. The monoisotopic (exact) mass is 825 g/mol. The van der Waals surface area contributed by atoms with Crippen LogP contribution in [0.25, 0.3) is 39.9 Å². The SMILES string of the molecule is O=Cc1cnn2c(NC3CC3)cc(-c3csc(CBr)c3)nc12.O=c1[nH]c(O)c(C=c2cnn3c(=NC4CC4)cc(-c4csc(CN5CCCC5)c4)nc23)[nH]1. The number of thiophene rings is 2. The normalized spacial score (nSPS) is 16.8. The molecule has 7 aromatic rings. The number of carbonyl (C=O) groups excluding carboxylic acids is 1. The van der Waals surface area contributed by atoms with Gasteiger partial charge < -0.3 is 15.4 Å². The number of anilines is 1. The van der Waals surface area contributed by atoms with E-state index in [0.717, 1.165) is 64.8 Å². The van der Waals surface area contributed by atoms with Crippen LogP contribution in [-0.2, 0) is 11.9 Å². The van der Waals surface area contributed by atoms with E-state index in [1.165, 1.54) is 48.5 Å². The van der Waals surface area contributed by atoms with Crippen molar-refractivity contribution in [2.45, 2.75) is 62.5 Å². The molecule has 276 valence electrons. The molecular weight excluding hydrogens is 791 g/mol. The molecule has 10 rings (SSSR count). The Morgan fingerprint density at radius 1 is 0.926 bits per heavy atom. The third kappa shape index (κ3) is 7.40. The lowest BCUT2D eigenvalue weighted by Gasteiger charge is -2.12. The Bertz CT molecular complexity index is 2680. The number of imidazole rings is 1. The highest BCUT2D eigenvalue weighted by Crippen LogP contribution is 2.31. The summed E-state index contributed by atoms with van der Waals surface area (Å²) in [6.45, 7) is 3.33. The Kier molecular flexibility index (Phi) is 9.46. The molecule has 0 spiro atoms. The molecule has 4 N–H and O–H groups in total. The zero-order valence-corrected chi connectivity index (χ0v) is 32.3. The Labute approximate surface area is 324 Å². The molecule has 8 heterocycles. The topological polar surface area (TPSA) is 174 Å². The van der Waals surface area contributed by atoms with Crippen molar-refractivity contribution in [2.24, 2.45) is 4.99 Å². The van der Waals surface area contributed by atoms with Crippen molar-refractivity contribution in [1.29, 1.82) is 0 Å². The fraction of sp³-hybridized carbons (Fsp3) is 0.324. The number of likely N-dealkylation sites (tertiary alicyclic amines) is 1. The molecule has 7 aromatic heterocycles. The van der Waals surface area contributed by atoms with E-state index in [1.807, 2.05) is 12.1 Å². The fourth-order valence-electron chi connectivity index (χ4n) is 6.44. The van der Waals surface area contributed by atoms with Gasteiger partial charge in [-0.3, -0.25) is 19.7 Å². The molecule has 2 aliphatic carbocycles. The summed E-state index contributed by atoms with van der Waals surface area (Å²) in [5.74, 6) is 0.681. The third-order valence-electron chi connectivity index (χ3n) is 9.54. The second-order valence-corrected chi connectivity index (χ2v) is 16.4. The van der Waals surface area contributed by atoms with Crippen LogP contribution >= 0.6 is 38.6 Å². The summed E-state index contributed by atoms with van der Waals surface area (Å²) >= 11 is 6.93. The number of rotatable bonds is 10. The van der Waals surface area contributed by atoms with Crippen LogP contribution in [0.2, 0.25) is 0 Å². The Hall–Kier alpha value is -4.97. The molecular formula is C37H36BrN11O3S2. The molecule has 14 nitrogen and oxygen atoms in total. The lowest BCUT2D eigenvalue weighted by molar-refractivity contribution is 0.112. The smallest absolute Gasteiger partial charge is 0.326 e. The van der Waals surface area contributed by atoms with Crippen LogP contribution in [0.3, 0.4) is 0 Å². The maximum Gasteiger partial charge on any atom is 0.326 e. The molecule has 2 saturated carbocycles. The summed E-state index contributed by atoms with van der Waals surface area (Å²) in [4.78, 5) is 47.1. The summed E-state index contributed by atoms with van der Waals surface area (Å²) in [5.41, 5.74) is 6.20. The highest BCUT2D eigenvalue weighted by Gasteiger charge is 2.24. The van der Waals surface area contributed by atoms with Gasteiger partial charge in [-0.05, 0) is 69.8 Å². The van der Waals surface area contributed by atoms with E-state index in [4.69, 9.17) is 9.98 Å². The second kappa shape index (κ2) is 14.7. The summed E-state index contributed by atoms with van der Waals surface area (Å²) in [7, 11) is 0. The summed E-state index contributed by atoms with van der Waals surface area (Å²) in [6, 6.07) is 9.19. The number of aromatic amines is 2. The molecule has 0 aromatic carbocycles. The van der Waals surface area contributed by atoms with E-state index in [-0.39, 0.29) is 5.88 Å². The number of H-pyrrole nitrogens is 2. The number of hydrogen-bond acceptors (Lipinski definition) is 12. The summed E-state index contributed by atoms with van der Waals surface area (Å²) in [5, 5.41) is 27.9. The molecule has 0 bridgehead atoms. The van der Waals surface area contributed by atoms with Gasteiger partial charge in [-0.1, -0.05) is 15.9 Å². The van der Waals surface area contributed by atoms with Gasteiger partial charge in [-0.15, -0.1) is 22.7 Å². The van der Waals surface area contributed by atoms with Crippen molar-refractivity contribution in [3.05, 3.63) is 89.6 Å². The number of aromatic hydroxyl groups is 1. The van der Waals surface area contributed by atoms with Crippen LogP contribution in [0.1, 0.15) is 64.3 Å². The molecule has 17 heteroatoms. The van der Waals surface area contributed by atoms with Crippen molar-refractivity contribution in [3.63, 3.8) is 0 Å². The summed E-state index contributed by atoms with van der Waals surface area (Å²) in [6.07, 6.45) is 12.8. The Morgan fingerprint density at radius 2 is 1.65 bits per heavy atom. The molecule has 54 heavy (non-hydrogen) atoms. The van der Waals surface area contributed by atoms with Crippen LogP contribution in [-0.4, -0.2) is 80.6 Å². The zero-order chi connectivity index (χ0) is 36.8. The van der Waals surface area contributed by atoms with E-state index in [1.54, 1.807) is 50.2 Å². The second-order valence-electron chi connectivity index (χ2n) is 13.8. The van der Waals surface area contributed by atoms with E-state index in [0.29, 0.717) is 39.9 Å². The van der Waals surface area contributed by atoms with Gasteiger partial charge >= 0.3 is 5.69 Å². The standard InChI is InChI=1S/C22H23N7O2S.C15H13BrN4OS/c30-21-18(26-22(31)27-21)8-13-10-23-29-19(24-15-3-4-15)9-17(25-20(13)29)14-7-16(32-12-14)11-28-5-1-2-6-28;16-5-12-3-9(8-22-12)13-4-14(18-11-1-2-11)20-15(19-13)10(7-21)6-17-20/h7-10,12,15,30H,1-6,11H2,(H2,26,27,31);3-4,6-8,11,18H,1-2,5H2. The largest absolute Gasteiger partial charge is 0.493 e. The molecule has 3 aliphatic rings. The molecule has 1 aliphatic heterocycles. The van der Waals surface area contributed by atoms with Crippen LogP contribution in [0.5, 0.6) is 5.88 Å². The molecule has 0 unspecified atom stereocenters. The minimum absolute atomic E-state index is 0.210. The number of alkyl halides is 1. The first-order valence-corrected chi connectivity index (χ1v) is 20.8. The first kappa shape index (κ1) is 34.8. The van der Waals surface area contributed by atoms with Gasteiger partial charge in [0.05, 0.1) is 35.4 Å². The number of aldehydes is 1. The maximum absolute atomic E-state index is 11.5. The van der Waals surface area contributed by atoms with Gasteiger partial charge in [0.25, 0.3) is 0 Å². The highest BCUT2D eigenvalue weighted by atomic mass is 79.9. The van der Waals surface area contributed by atoms with Crippen molar-refractivity contribution < 1.29 is 9.90 Å². The number of carbonyl (C=O) groups is 1. The highest BCUT2D eigenvalue weighted by molar-refractivity contribution is 9.08. The minimum atomic E-state index is -0.466. The lowest BCUT2D eigenvalue weighted by atomic mass is 10.2. The molecule has 0 atom stereocenters. The number of aromatic nitrogens is 8. The average Bonchev–Trinajstić information content (AvgIpc) is 3.68. The maximum atomic E-state index is 11.5. The molecule has 0 radical (unpaired) electrons. The van der Waals surface area contributed by atoms with Gasteiger partial charge in [0.1, 0.15) is 11.5 Å². The molecule has 1 saturated heterocycles. The van der Waals surface area contributed by atoms with Crippen molar-refractivity contribution in [1.82, 2.24) is 44.1 Å². The third-order valence-corrected chi connectivity index (χ3v) is 12.4. The van der Waals surface area contributed by atoms with Gasteiger partial charge in [-0.25, -0.2) is 14.8 Å². The summed E-state index contributed by atoms with van der Waals surface area (Å²) < 4.78 is 3.44. The predicted octanol–water partition coefficient (Wildman–Crippen LogP) is 5.13. The van der Waals surface area contributed by atoms with Gasteiger partial charge in [0, 0.05) is 66.9 Å². The van der Waals surface area contributed by atoms with E-state index < -0.39 is 5.69 Å². The number of halogens is 1. The van der Waals surface area contributed by atoms with Gasteiger partial charge in [0.2, 0.25) is 5.88 Å². The van der Waals surface area contributed by atoms with E-state index in [2.05, 4.69) is 74.2 Å². The Morgan fingerprint density at radius 3 is 2.33 bits per heavy atom. The van der Waals surface area contributed by atoms with Crippen molar-refractivity contribution >= 4 is 68.1 Å². The van der Waals surface area contributed by atoms with Crippen LogP contribution in [0.15, 0.2) is 57.2 Å². The molecule has 3 fully saturated rings. The van der Waals surface area contributed by atoms with Crippen molar-refractivity contribution in [2.75, 3.05) is 18.4 Å². The van der Waals surface area contributed by atoms with Gasteiger partial charge in [-0.2, -0.15) is 19.2 Å². The number of nitrogens with one attached hydrogen (secondary N) is 3. The average molecular weight is 827 g/mol. The minimum Gasteiger partial charge on any atom is -0.493 e. The lowest BCUT2D eigenvalue weighted by Crippen LogP contribution is -2.19. The predicted molar refractivity (Wildman–Crippen MR) is 212 cm³/mol. The first-order valence-electron chi connectivity index (χ1n) is 17.9. The quantitative estimate of drug-likeness (QED) is 0.108. The number of nitrogens with zero attached hydrogens (tertiary/aromatic N) is 8. The number of fused-ring (bicyclic) bond motifs is 2.